The van der Waals surface area contributed by atoms with Crippen LogP contribution in [0, 0.1) is 6.92 Å². The predicted octanol–water partition coefficient (Wildman–Crippen LogP) is 3.81. The fourth-order valence-electron chi connectivity index (χ4n) is 4.29. The number of furan rings is 1. The van der Waals surface area contributed by atoms with Crippen molar-refractivity contribution < 1.29 is 14.0 Å². The van der Waals surface area contributed by atoms with Gasteiger partial charge in [0.15, 0.2) is 0 Å². The quantitative estimate of drug-likeness (QED) is 0.334. The molecule has 0 radical (unpaired) electrons. The molecule has 0 bridgehead atoms. The first-order valence-corrected chi connectivity index (χ1v) is 11.9. The number of fused-ring (bicyclic) bond motifs is 1. The number of nitrogens with one attached hydrogen (secondary N) is 1. The number of pyridine rings is 1. The van der Waals surface area contributed by atoms with Gasteiger partial charge in [-0.3, -0.25) is 14.6 Å². The van der Waals surface area contributed by atoms with Crippen molar-refractivity contribution in [2.75, 3.05) is 0 Å². The number of aromatic nitrogens is 4. The summed E-state index contributed by atoms with van der Waals surface area (Å²) in [7, 11) is 0. The van der Waals surface area contributed by atoms with Crippen molar-refractivity contribution in [3.05, 3.63) is 114 Å². The van der Waals surface area contributed by atoms with E-state index in [0.717, 1.165) is 22.2 Å². The average molecular weight is 495 g/mol. The van der Waals surface area contributed by atoms with Gasteiger partial charge >= 0.3 is 0 Å². The topological polar surface area (TPSA) is 106 Å². The summed E-state index contributed by atoms with van der Waals surface area (Å²) in [6.07, 6.45) is 4.92. The van der Waals surface area contributed by atoms with Crippen LogP contribution in [0.4, 0.5) is 0 Å². The smallest absolute Gasteiger partial charge is 0.247 e. The van der Waals surface area contributed by atoms with Crippen molar-refractivity contribution in [1.29, 1.82) is 0 Å². The second-order valence-electron chi connectivity index (χ2n) is 8.68. The fourth-order valence-corrected chi connectivity index (χ4v) is 4.29. The minimum absolute atomic E-state index is 0.0748. The van der Waals surface area contributed by atoms with Gasteiger partial charge in [0.1, 0.15) is 23.9 Å². The van der Waals surface area contributed by atoms with Gasteiger partial charge in [0.2, 0.25) is 11.8 Å². The van der Waals surface area contributed by atoms with Gasteiger partial charge in [0.25, 0.3) is 0 Å². The molecule has 1 atom stereocenters. The molecule has 9 heteroatoms. The molecule has 2 aromatic carbocycles. The summed E-state index contributed by atoms with van der Waals surface area (Å²) in [6, 6.07) is 21.4. The maximum absolute atomic E-state index is 13.9. The Kier molecular flexibility index (Phi) is 7.02. The van der Waals surface area contributed by atoms with Crippen LogP contribution in [-0.4, -0.2) is 36.7 Å². The maximum atomic E-state index is 13.9. The molecule has 0 aliphatic rings. The molecule has 5 aromatic rings. The molecular weight excluding hydrogens is 468 g/mol. The van der Waals surface area contributed by atoms with Crippen molar-refractivity contribution in [2.24, 2.45) is 0 Å². The van der Waals surface area contributed by atoms with Gasteiger partial charge in [0.05, 0.1) is 18.3 Å². The lowest BCUT2D eigenvalue weighted by Gasteiger charge is -2.32. The minimum atomic E-state index is -0.890. The number of amides is 2. The Hall–Kier alpha value is -4.79. The molecule has 1 unspecified atom stereocenters. The molecule has 0 aliphatic heterocycles. The fraction of sp³-hybridized carbons (Fsp3) is 0.179. The normalized spacial score (nSPS) is 11.8. The molecule has 1 N–H and O–H groups in total. The summed E-state index contributed by atoms with van der Waals surface area (Å²) in [5, 5.41) is 11.3. The third kappa shape index (κ3) is 5.40. The van der Waals surface area contributed by atoms with E-state index in [4.69, 9.17) is 4.42 Å². The molecular formula is C28H26N6O3. The Balaban J connectivity index is 1.52. The molecule has 5 rings (SSSR count). The van der Waals surface area contributed by atoms with Crippen LogP contribution in [-0.2, 0) is 29.2 Å². The molecule has 3 aromatic heterocycles. The van der Waals surface area contributed by atoms with Crippen molar-refractivity contribution in [1.82, 2.24) is 30.2 Å². The zero-order valence-electron chi connectivity index (χ0n) is 20.3. The van der Waals surface area contributed by atoms with Crippen molar-refractivity contribution in [3.8, 4) is 0 Å². The van der Waals surface area contributed by atoms with E-state index in [0.29, 0.717) is 11.3 Å². The van der Waals surface area contributed by atoms with Crippen molar-refractivity contribution in [2.45, 2.75) is 32.6 Å². The van der Waals surface area contributed by atoms with Crippen LogP contribution in [0.15, 0.2) is 95.9 Å². The lowest BCUT2D eigenvalue weighted by molar-refractivity contribution is -0.142. The third-order valence-electron chi connectivity index (χ3n) is 6.16. The molecule has 9 nitrogen and oxygen atoms in total. The van der Waals surface area contributed by atoms with E-state index < -0.39 is 6.04 Å². The number of carbonyl (C=O) groups is 2. The summed E-state index contributed by atoms with van der Waals surface area (Å²) in [6.45, 7) is 2.25. The van der Waals surface area contributed by atoms with Crippen LogP contribution < -0.4 is 5.32 Å². The number of benzene rings is 2. The van der Waals surface area contributed by atoms with E-state index in [1.807, 2.05) is 67.6 Å². The predicted molar refractivity (Wildman–Crippen MR) is 137 cm³/mol. The van der Waals surface area contributed by atoms with Gasteiger partial charge in [-0.15, -0.1) is 5.10 Å². The average Bonchev–Trinajstić information content (AvgIpc) is 3.59. The van der Waals surface area contributed by atoms with Crippen molar-refractivity contribution >= 4 is 22.8 Å². The van der Waals surface area contributed by atoms with Crippen LogP contribution in [0.5, 0.6) is 0 Å². The number of hydrogen-bond acceptors (Lipinski definition) is 6. The molecule has 0 saturated carbocycles. The highest BCUT2D eigenvalue weighted by Crippen LogP contribution is 2.27. The Morgan fingerprint density at radius 1 is 1.03 bits per heavy atom. The van der Waals surface area contributed by atoms with Gasteiger partial charge in [-0.05, 0) is 53.9 Å². The molecule has 37 heavy (non-hydrogen) atoms. The maximum Gasteiger partial charge on any atom is 0.247 e. The molecule has 2 amide bonds. The Bertz CT molecular complexity index is 1500. The largest absolute Gasteiger partial charge is 0.467 e. The Morgan fingerprint density at radius 3 is 2.65 bits per heavy atom. The van der Waals surface area contributed by atoms with E-state index in [9.17, 15) is 9.59 Å². The highest BCUT2D eigenvalue weighted by atomic mass is 16.3. The lowest BCUT2D eigenvalue weighted by atomic mass is 9.98. The molecule has 0 aliphatic carbocycles. The lowest BCUT2D eigenvalue weighted by Crippen LogP contribution is -2.44. The first kappa shape index (κ1) is 23.9. The Morgan fingerprint density at radius 2 is 1.86 bits per heavy atom. The SMILES string of the molecule is Cc1ccccc1C(C(=O)NCc1ccco1)N(Cc1cccnc1)C(=O)Cn1nnc2ccccc21. The van der Waals surface area contributed by atoms with E-state index in [2.05, 4.69) is 20.6 Å². The van der Waals surface area contributed by atoms with E-state index in [1.54, 1.807) is 40.4 Å². The summed E-state index contributed by atoms with van der Waals surface area (Å²) < 4.78 is 6.94. The zero-order valence-corrected chi connectivity index (χ0v) is 20.3. The third-order valence-corrected chi connectivity index (χ3v) is 6.16. The molecule has 3 heterocycles. The second kappa shape index (κ2) is 10.9. The summed E-state index contributed by atoms with van der Waals surface area (Å²) in [4.78, 5) is 33.5. The molecule has 0 fully saturated rings. The van der Waals surface area contributed by atoms with Gasteiger partial charge in [-0.25, -0.2) is 4.68 Å². The summed E-state index contributed by atoms with van der Waals surface area (Å²) in [5.41, 5.74) is 3.88. The zero-order chi connectivity index (χ0) is 25.6. The first-order valence-electron chi connectivity index (χ1n) is 11.9. The van der Waals surface area contributed by atoms with Gasteiger partial charge in [-0.1, -0.05) is 47.7 Å². The molecule has 0 spiro atoms. The van der Waals surface area contributed by atoms with E-state index in [1.165, 1.54) is 0 Å². The van der Waals surface area contributed by atoms with Crippen LogP contribution in [0.1, 0.15) is 28.5 Å². The van der Waals surface area contributed by atoms with E-state index in [-0.39, 0.29) is 31.4 Å². The minimum Gasteiger partial charge on any atom is -0.467 e. The first-order chi connectivity index (χ1) is 18.1. The Labute approximate surface area is 213 Å². The van der Waals surface area contributed by atoms with E-state index >= 15 is 0 Å². The van der Waals surface area contributed by atoms with Crippen LogP contribution in [0.25, 0.3) is 11.0 Å². The van der Waals surface area contributed by atoms with Crippen molar-refractivity contribution in [3.63, 3.8) is 0 Å². The molecule has 0 saturated heterocycles. The highest BCUT2D eigenvalue weighted by molar-refractivity contribution is 5.89. The number of hydrogen-bond donors (Lipinski definition) is 1. The second-order valence-corrected chi connectivity index (χ2v) is 8.68. The van der Waals surface area contributed by atoms with Crippen LogP contribution in [0.2, 0.25) is 0 Å². The standard InChI is InChI=1S/C28H26N6O3/c1-20-8-2-3-11-23(20)27(28(36)30-17-22-10-7-15-37-22)33(18-21-9-6-14-29-16-21)26(35)19-34-25-13-5-4-12-24(25)31-32-34/h2-16,27H,17-19H2,1H3,(H,30,36). The van der Waals surface area contributed by atoms with Gasteiger partial charge in [-0.2, -0.15) is 0 Å². The number of para-hydroxylation sites is 1. The number of aryl methyl sites for hydroxylation is 1. The number of carbonyl (C=O) groups excluding carboxylic acids is 2. The van der Waals surface area contributed by atoms with Gasteiger partial charge in [0, 0.05) is 18.9 Å². The number of rotatable bonds is 9. The van der Waals surface area contributed by atoms with Crippen LogP contribution in [0.3, 0.4) is 0 Å². The number of nitrogens with zero attached hydrogens (tertiary/aromatic N) is 5. The summed E-state index contributed by atoms with van der Waals surface area (Å²) in [5.74, 6) is 0.0309. The summed E-state index contributed by atoms with van der Waals surface area (Å²) >= 11 is 0. The monoisotopic (exact) mass is 494 g/mol. The molecule has 186 valence electrons. The van der Waals surface area contributed by atoms with Gasteiger partial charge < -0.3 is 14.6 Å². The van der Waals surface area contributed by atoms with Crippen LogP contribution >= 0.6 is 0 Å². The highest BCUT2D eigenvalue weighted by Gasteiger charge is 2.33.